The first-order chi connectivity index (χ1) is 14.1. The molecule has 0 amide bonds. The SMILES string of the molecule is C=CCc1ccc2ncc3ccccc3c2c1S(=O)(=O)CC=C.c1ccccc1. The van der Waals surface area contributed by atoms with Gasteiger partial charge in [-0.2, -0.15) is 0 Å². The fourth-order valence-corrected chi connectivity index (χ4v) is 4.81. The number of nitrogens with zero attached hydrogens (tertiary/aromatic N) is 1. The van der Waals surface area contributed by atoms with Crippen LogP contribution >= 0.6 is 0 Å². The zero-order valence-corrected chi connectivity index (χ0v) is 17.0. The van der Waals surface area contributed by atoms with Gasteiger partial charge in [0.05, 0.1) is 16.2 Å². The second kappa shape index (κ2) is 9.30. The Kier molecular flexibility index (Phi) is 6.57. The molecule has 0 bridgehead atoms. The van der Waals surface area contributed by atoms with Crippen molar-refractivity contribution in [2.75, 3.05) is 5.75 Å². The molecule has 0 aliphatic rings. The molecule has 0 unspecified atom stereocenters. The summed E-state index contributed by atoms with van der Waals surface area (Å²) in [6.07, 6.45) is 5.40. The number of hydrogen-bond acceptors (Lipinski definition) is 3. The van der Waals surface area contributed by atoms with Gasteiger partial charge in [0.25, 0.3) is 0 Å². The molecule has 0 saturated carbocycles. The Morgan fingerprint density at radius 2 is 1.48 bits per heavy atom. The van der Waals surface area contributed by atoms with Gasteiger partial charge in [0.2, 0.25) is 0 Å². The van der Waals surface area contributed by atoms with Gasteiger partial charge in [-0.1, -0.05) is 78.9 Å². The van der Waals surface area contributed by atoms with Crippen molar-refractivity contribution in [1.29, 1.82) is 0 Å². The van der Waals surface area contributed by atoms with Gasteiger partial charge in [-0.05, 0) is 23.4 Å². The molecule has 1 aromatic heterocycles. The Morgan fingerprint density at radius 1 is 0.828 bits per heavy atom. The third-order valence-corrected chi connectivity index (χ3v) is 6.23. The predicted octanol–water partition coefficient (Wildman–Crippen LogP) is 5.76. The molecule has 0 spiro atoms. The third kappa shape index (κ3) is 4.61. The van der Waals surface area contributed by atoms with Gasteiger partial charge in [-0.25, -0.2) is 8.42 Å². The van der Waals surface area contributed by atoms with Crippen molar-refractivity contribution in [2.24, 2.45) is 0 Å². The fraction of sp³-hybridized carbons (Fsp3) is 0.0800. The summed E-state index contributed by atoms with van der Waals surface area (Å²) in [6.45, 7) is 7.31. The summed E-state index contributed by atoms with van der Waals surface area (Å²) in [4.78, 5) is 4.78. The Hall–Kier alpha value is -3.24. The smallest absolute Gasteiger partial charge is 0.182 e. The second-order valence-corrected chi connectivity index (χ2v) is 8.48. The van der Waals surface area contributed by atoms with E-state index in [9.17, 15) is 8.42 Å². The van der Waals surface area contributed by atoms with Crippen LogP contribution < -0.4 is 0 Å². The highest BCUT2D eigenvalue weighted by Gasteiger charge is 2.22. The summed E-state index contributed by atoms with van der Waals surface area (Å²) in [6, 6.07) is 23.4. The second-order valence-electron chi connectivity index (χ2n) is 6.51. The van der Waals surface area contributed by atoms with Crippen molar-refractivity contribution >= 4 is 31.5 Å². The minimum absolute atomic E-state index is 0.0977. The van der Waals surface area contributed by atoms with Gasteiger partial charge in [0, 0.05) is 17.0 Å². The highest BCUT2D eigenvalue weighted by molar-refractivity contribution is 7.91. The predicted molar refractivity (Wildman–Crippen MR) is 122 cm³/mol. The van der Waals surface area contributed by atoms with Crippen LogP contribution in [0.4, 0.5) is 0 Å². The molecule has 0 atom stereocenters. The summed E-state index contributed by atoms with van der Waals surface area (Å²) in [5.74, 6) is -0.0977. The van der Waals surface area contributed by atoms with E-state index < -0.39 is 9.84 Å². The van der Waals surface area contributed by atoms with Crippen molar-refractivity contribution in [1.82, 2.24) is 4.98 Å². The molecule has 0 fully saturated rings. The number of allylic oxidation sites excluding steroid dienone is 1. The molecule has 0 radical (unpaired) electrons. The lowest BCUT2D eigenvalue weighted by Gasteiger charge is -2.13. The summed E-state index contributed by atoms with van der Waals surface area (Å²) < 4.78 is 25.7. The average Bonchev–Trinajstić information content (AvgIpc) is 2.75. The highest BCUT2D eigenvalue weighted by Crippen LogP contribution is 2.33. The first-order valence-corrected chi connectivity index (χ1v) is 11.0. The van der Waals surface area contributed by atoms with E-state index in [4.69, 9.17) is 0 Å². The molecule has 0 saturated heterocycles. The van der Waals surface area contributed by atoms with Crippen molar-refractivity contribution in [3.8, 4) is 0 Å². The number of rotatable bonds is 5. The molecule has 29 heavy (non-hydrogen) atoms. The Balaban J connectivity index is 0.000000343. The Bertz CT molecular complexity index is 1220. The number of hydrogen-bond donors (Lipinski definition) is 0. The summed E-state index contributed by atoms with van der Waals surface area (Å²) in [5, 5.41) is 2.50. The van der Waals surface area contributed by atoms with Crippen molar-refractivity contribution in [3.05, 3.63) is 110 Å². The number of aromatic nitrogens is 1. The van der Waals surface area contributed by atoms with E-state index in [0.29, 0.717) is 22.2 Å². The van der Waals surface area contributed by atoms with E-state index in [-0.39, 0.29) is 5.75 Å². The maximum Gasteiger partial charge on any atom is 0.182 e. The monoisotopic (exact) mass is 401 g/mol. The van der Waals surface area contributed by atoms with E-state index >= 15 is 0 Å². The summed E-state index contributed by atoms with van der Waals surface area (Å²) in [7, 11) is -3.49. The lowest BCUT2D eigenvalue weighted by molar-refractivity contribution is 0.599. The topological polar surface area (TPSA) is 47.0 Å². The van der Waals surface area contributed by atoms with Crippen LogP contribution in [0, 0.1) is 0 Å². The highest BCUT2D eigenvalue weighted by atomic mass is 32.2. The molecular formula is C25H23NO2S. The summed E-state index contributed by atoms with van der Waals surface area (Å²) in [5.41, 5.74) is 1.42. The van der Waals surface area contributed by atoms with E-state index in [0.717, 1.165) is 16.3 Å². The fourth-order valence-electron chi connectivity index (χ4n) is 3.25. The van der Waals surface area contributed by atoms with E-state index in [1.807, 2.05) is 72.8 Å². The van der Waals surface area contributed by atoms with Gasteiger partial charge in [-0.3, -0.25) is 4.98 Å². The Labute approximate surface area is 172 Å². The maximum atomic E-state index is 12.9. The van der Waals surface area contributed by atoms with E-state index in [1.54, 1.807) is 12.3 Å². The molecule has 4 rings (SSSR count). The van der Waals surface area contributed by atoms with Crippen LogP contribution in [0.1, 0.15) is 5.56 Å². The van der Waals surface area contributed by atoms with E-state index in [2.05, 4.69) is 18.1 Å². The zero-order chi connectivity index (χ0) is 20.7. The maximum absolute atomic E-state index is 12.9. The molecule has 3 aromatic carbocycles. The largest absolute Gasteiger partial charge is 0.256 e. The average molecular weight is 402 g/mol. The Morgan fingerprint density at radius 3 is 2.10 bits per heavy atom. The number of sulfone groups is 1. The minimum atomic E-state index is -3.49. The van der Waals surface area contributed by atoms with Crippen LogP contribution in [-0.2, 0) is 16.3 Å². The zero-order valence-electron chi connectivity index (χ0n) is 16.2. The molecular weight excluding hydrogens is 378 g/mol. The van der Waals surface area contributed by atoms with Crippen molar-refractivity contribution in [3.63, 3.8) is 0 Å². The lowest BCUT2D eigenvalue weighted by atomic mass is 10.0. The van der Waals surface area contributed by atoms with Gasteiger partial charge in [0.1, 0.15) is 0 Å². The van der Waals surface area contributed by atoms with Crippen LogP contribution in [0.3, 0.4) is 0 Å². The molecule has 4 heteroatoms. The van der Waals surface area contributed by atoms with Crippen LogP contribution in [0.2, 0.25) is 0 Å². The van der Waals surface area contributed by atoms with Gasteiger partial charge in [-0.15, -0.1) is 13.2 Å². The van der Waals surface area contributed by atoms with Crippen LogP contribution in [-0.4, -0.2) is 19.2 Å². The molecule has 3 nitrogen and oxygen atoms in total. The first-order valence-electron chi connectivity index (χ1n) is 9.32. The summed E-state index contributed by atoms with van der Waals surface area (Å²) >= 11 is 0. The van der Waals surface area contributed by atoms with Crippen LogP contribution in [0.5, 0.6) is 0 Å². The normalized spacial score (nSPS) is 10.9. The molecule has 4 aromatic rings. The van der Waals surface area contributed by atoms with Crippen molar-refractivity contribution in [2.45, 2.75) is 11.3 Å². The van der Waals surface area contributed by atoms with Crippen LogP contribution in [0.15, 0.2) is 109 Å². The van der Waals surface area contributed by atoms with Gasteiger partial charge < -0.3 is 0 Å². The van der Waals surface area contributed by atoms with Crippen molar-refractivity contribution < 1.29 is 8.42 Å². The molecule has 146 valence electrons. The molecule has 1 heterocycles. The number of fused-ring (bicyclic) bond motifs is 3. The molecule has 0 N–H and O–H groups in total. The molecule has 0 aliphatic carbocycles. The van der Waals surface area contributed by atoms with Gasteiger partial charge >= 0.3 is 0 Å². The van der Waals surface area contributed by atoms with Crippen LogP contribution in [0.25, 0.3) is 21.7 Å². The van der Waals surface area contributed by atoms with E-state index in [1.165, 1.54) is 6.08 Å². The third-order valence-electron chi connectivity index (χ3n) is 4.47. The lowest BCUT2D eigenvalue weighted by Crippen LogP contribution is -2.09. The molecule has 0 aliphatic heterocycles. The number of pyridine rings is 1. The quantitative estimate of drug-likeness (QED) is 0.315. The standard InChI is InChI=1S/C19H17NO2S.C6H6/c1-3-7-14-10-11-17-18(19(14)23(21,22)12-4-2)16-9-6-5-8-15(16)13-20-17;1-2-4-6-5-3-1/h3-6,8-11,13H,1-2,7,12H2;1-6H. The van der Waals surface area contributed by atoms with Gasteiger partial charge in [0.15, 0.2) is 9.84 Å². The number of benzene rings is 3. The first kappa shape index (κ1) is 20.5. The minimum Gasteiger partial charge on any atom is -0.256 e.